The maximum absolute atomic E-state index is 11.4. The monoisotopic (exact) mass is 186 g/mol. The van der Waals surface area contributed by atoms with Crippen molar-refractivity contribution in [1.82, 2.24) is 10.6 Å². The molecule has 0 rings (SSSR count). The molecule has 0 aliphatic carbocycles. The SMILES string of the molecule is CCCC(C)C(=O)NCCNCC. The van der Waals surface area contributed by atoms with Crippen LogP contribution in [0.3, 0.4) is 0 Å². The molecule has 0 aliphatic rings. The number of rotatable bonds is 7. The van der Waals surface area contributed by atoms with E-state index in [1.807, 2.05) is 6.92 Å². The highest BCUT2D eigenvalue weighted by Gasteiger charge is 2.09. The number of carbonyl (C=O) groups is 1. The van der Waals surface area contributed by atoms with Gasteiger partial charge in [-0.2, -0.15) is 0 Å². The van der Waals surface area contributed by atoms with Gasteiger partial charge in [-0.3, -0.25) is 4.79 Å². The number of carbonyl (C=O) groups excluding carboxylic acids is 1. The molecule has 0 radical (unpaired) electrons. The van der Waals surface area contributed by atoms with E-state index in [2.05, 4.69) is 24.5 Å². The second-order valence-electron chi connectivity index (χ2n) is 3.33. The van der Waals surface area contributed by atoms with Crippen LogP contribution in [0.15, 0.2) is 0 Å². The molecule has 0 aromatic heterocycles. The quantitative estimate of drug-likeness (QED) is 0.586. The Hall–Kier alpha value is -0.570. The molecule has 0 spiro atoms. The van der Waals surface area contributed by atoms with Crippen molar-refractivity contribution in [2.24, 2.45) is 5.92 Å². The molecule has 0 heterocycles. The molecule has 0 fully saturated rings. The Labute approximate surface area is 81.3 Å². The smallest absolute Gasteiger partial charge is 0.222 e. The topological polar surface area (TPSA) is 41.1 Å². The standard InChI is InChI=1S/C10H22N2O/c1-4-6-9(3)10(13)12-8-7-11-5-2/h9,11H,4-8H2,1-3H3,(H,12,13). The summed E-state index contributed by atoms with van der Waals surface area (Å²) >= 11 is 0. The number of hydrogen-bond acceptors (Lipinski definition) is 2. The van der Waals surface area contributed by atoms with Crippen molar-refractivity contribution in [3.63, 3.8) is 0 Å². The van der Waals surface area contributed by atoms with Crippen LogP contribution in [0.5, 0.6) is 0 Å². The summed E-state index contributed by atoms with van der Waals surface area (Å²) in [6, 6.07) is 0. The Morgan fingerprint density at radius 1 is 1.31 bits per heavy atom. The van der Waals surface area contributed by atoms with Crippen molar-refractivity contribution in [2.75, 3.05) is 19.6 Å². The molecule has 2 N–H and O–H groups in total. The van der Waals surface area contributed by atoms with Crippen molar-refractivity contribution in [3.8, 4) is 0 Å². The van der Waals surface area contributed by atoms with Crippen LogP contribution >= 0.6 is 0 Å². The van der Waals surface area contributed by atoms with Crippen LogP contribution in [0.4, 0.5) is 0 Å². The predicted molar refractivity (Wildman–Crippen MR) is 55.6 cm³/mol. The zero-order valence-electron chi connectivity index (χ0n) is 9.02. The third kappa shape index (κ3) is 6.58. The zero-order chi connectivity index (χ0) is 10.1. The first-order chi connectivity index (χ1) is 6.22. The van der Waals surface area contributed by atoms with E-state index in [4.69, 9.17) is 0 Å². The Bertz CT molecular complexity index is 137. The van der Waals surface area contributed by atoms with Gasteiger partial charge in [-0.1, -0.05) is 27.2 Å². The Kier molecular flexibility index (Phi) is 7.69. The molecule has 1 atom stereocenters. The minimum absolute atomic E-state index is 0.159. The van der Waals surface area contributed by atoms with Crippen LogP contribution in [0.25, 0.3) is 0 Å². The largest absolute Gasteiger partial charge is 0.355 e. The molecule has 0 aromatic rings. The van der Waals surface area contributed by atoms with Gasteiger partial charge < -0.3 is 10.6 Å². The van der Waals surface area contributed by atoms with Gasteiger partial charge >= 0.3 is 0 Å². The number of amides is 1. The Morgan fingerprint density at radius 2 is 2.00 bits per heavy atom. The van der Waals surface area contributed by atoms with E-state index in [9.17, 15) is 4.79 Å². The molecule has 13 heavy (non-hydrogen) atoms. The summed E-state index contributed by atoms with van der Waals surface area (Å²) in [6.07, 6.45) is 2.05. The van der Waals surface area contributed by atoms with Crippen molar-refractivity contribution in [1.29, 1.82) is 0 Å². The summed E-state index contributed by atoms with van der Waals surface area (Å²) < 4.78 is 0. The van der Waals surface area contributed by atoms with Gasteiger partial charge in [0.2, 0.25) is 5.91 Å². The molecule has 3 nitrogen and oxygen atoms in total. The van der Waals surface area contributed by atoms with Crippen molar-refractivity contribution in [3.05, 3.63) is 0 Å². The third-order valence-electron chi connectivity index (χ3n) is 2.02. The van der Waals surface area contributed by atoms with E-state index < -0.39 is 0 Å². The van der Waals surface area contributed by atoms with Gasteiger partial charge in [0, 0.05) is 19.0 Å². The minimum atomic E-state index is 0.159. The highest BCUT2D eigenvalue weighted by Crippen LogP contribution is 2.03. The Morgan fingerprint density at radius 3 is 2.54 bits per heavy atom. The van der Waals surface area contributed by atoms with Crippen LogP contribution in [-0.2, 0) is 4.79 Å². The Balaban J connectivity index is 3.38. The molecule has 0 bridgehead atoms. The van der Waals surface area contributed by atoms with Crippen LogP contribution in [0.2, 0.25) is 0 Å². The first-order valence-corrected chi connectivity index (χ1v) is 5.20. The lowest BCUT2D eigenvalue weighted by molar-refractivity contribution is -0.124. The molecule has 0 saturated carbocycles. The second kappa shape index (κ2) is 8.05. The van der Waals surface area contributed by atoms with E-state index in [1.165, 1.54) is 0 Å². The lowest BCUT2D eigenvalue weighted by Crippen LogP contribution is -2.34. The van der Waals surface area contributed by atoms with E-state index in [0.29, 0.717) is 0 Å². The minimum Gasteiger partial charge on any atom is -0.355 e. The van der Waals surface area contributed by atoms with Gasteiger partial charge in [0.1, 0.15) is 0 Å². The molecule has 0 aliphatic heterocycles. The molecule has 78 valence electrons. The van der Waals surface area contributed by atoms with Gasteiger partial charge in [-0.15, -0.1) is 0 Å². The molecule has 0 saturated heterocycles. The van der Waals surface area contributed by atoms with E-state index in [0.717, 1.165) is 32.5 Å². The van der Waals surface area contributed by atoms with Crippen LogP contribution in [0.1, 0.15) is 33.6 Å². The first kappa shape index (κ1) is 12.4. The molecule has 1 unspecified atom stereocenters. The van der Waals surface area contributed by atoms with Crippen molar-refractivity contribution >= 4 is 5.91 Å². The fraction of sp³-hybridized carbons (Fsp3) is 0.900. The average molecular weight is 186 g/mol. The van der Waals surface area contributed by atoms with Gasteiger partial charge in [0.25, 0.3) is 0 Å². The molecular formula is C10H22N2O. The van der Waals surface area contributed by atoms with Gasteiger partial charge in [-0.05, 0) is 13.0 Å². The lowest BCUT2D eigenvalue weighted by Gasteiger charge is -2.10. The molecule has 3 heteroatoms. The number of nitrogens with one attached hydrogen (secondary N) is 2. The van der Waals surface area contributed by atoms with E-state index in [-0.39, 0.29) is 11.8 Å². The molecular weight excluding hydrogens is 164 g/mol. The first-order valence-electron chi connectivity index (χ1n) is 5.20. The molecule has 0 aromatic carbocycles. The summed E-state index contributed by atoms with van der Waals surface area (Å²) in [6.45, 7) is 8.69. The third-order valence-corrected chi connectivity index (χ3v) is 2.02. The van der Waals surface area contributed by atoms with Gasteiger partial charge in [0.15, 0.2) is 0 Å². The fourth-order valence-electron chi connectivity index (χ4n) is 1.19. The van der Waals surface area contributed by atoms with Crippen molar-refractivity contribution in [2.45, 2.75) is 33.6 Å². The van der Waals surface area contributed by atoms with Crippen LogP contribution < -0.4 is 10.6 Å². The molecule has 1 amide bonds. The fourth-order valence-corrected chi connectivity index (χ4v) is 1.19. The summed E-state index contributed by atoms with van der Waals surface area (Å²) in [5.74, 6) is 0.339. The lowest BCUT2D eigenvalue weighted by atomic mass is 10.1. The highest BCUT2D eigenvalue weighted by atomic mass is 16.1. The second-order valence-corrected chi connectivity index (χ2v) is 3.33. The number of likely N-dealkylation sites (N-methyl/N-ethyl adjacent to an activating group) is 1. The maximum Gasteiger partial charge on any atom is 0.222 e. The van der Waals surface area contributed by atoms with E-state index in [1.54, 1.807) is 0 Å². The van der Waals surface area contributed by atoms with Gasteiger partial charge in [-0.25, -0.2) is 0 Å². The summed E-state index contributed by atoms with van der Waals surface area (Å²) in [7, 11) is 0. The van der Waals surface area contributed by atoms with Crippen molar-refractivity contribution < 1.29 is 4.79 Å². The summed E-state index contributed by atoms with van der Waals surface area (Å²) in [4.78, 5) is 11.4. The van der Waals surface area contributed by atoms with E-state index >= 15 is 0 Å². The predicted octanol–water partition coefficient (Wildman–Crippen LogP) is 1.15. The van der Waals surface area contributed by atoms with Crippen LogP contribution in [-0.4, -0.2) is 25.5 Å². The summed E-state index contributed by atoms with van der Waals surface area (Å²) in [5, 5.41) is 6.06. The zero-order valence-corrected chi connectivity index (χ0v) is 9.02. The van der Waals surface area contributed by atoms with Gasteiger partial charge in [0.05, 0.1) is 0 Å². The summed E-state index contributed by atoms with van der Waals surface area (Å²) in [5.41, 5.74) is 0. The number of hydrogen-bond donors (Lipinski definition) is 2. The average Bonchev–Trinajstić information content (AvgIpc) is 2.12. The normalized spacial score (nSPS) is 12.5. The highest BCUT2D eigenvalue weighted by molar-refractivity contribution is 5.78. The van der Waals surface area contributed by atoms with Crippen LogP contribution in [0, 0.1) is 5.92 Å². The maximum atomic E-state index is 11.4.